The van der Waals surface area contributed by atoms with E-state index in [-0.39, 0.29) is 18.3 Å². The van der Waals surface area contributed by atoms with E-state index in [0.29, 0.717) is 12.1 Å². The van der Waals surface area contributed by atoms with Gasteiger partial charge in [0.15, 0.2) is 0 Å². The summed E-state index contributed by atoms with van der Waals surface area (Å²) in [6, 6.07) is 15.5. The number of halogens is 1. The molecule has 0 aromatic heterocycles. The van der Waals surface area contributed by atoms with Crippen molar-refractivity contribution in [3.8, 4) is 0 Å². The average Bonchev–Trinajstić information content (AvgIpc) is 2.63. The van der Waals surface area contributed by atoms with Crippen molar-refractivity contribution in [2.24, 2.45) is 5.73 Å². The van der Waals surface area contributed by atoms with Gasteiger partial charge in [-0.25, -0.2) is 0 Å². The van der Waals surface area contributed by atoms with Crippen LogP contribution in [0.4, 0.5) is 5.69 Å². The monoisotopic (exact) mass is 359 g/mol. The van der Waals surface area contributed by atoms with Gasteiger partial charge in [0.1, 0.15) is 0 Å². The van der Waals surface area contributed by atoms with Crippen LogP contribution < -0.4 is 11.1 Å². The largest absolute Gasteiger partial charge is 0.326 e. The summed E-state index contributed by atoms with van der Waals surface area (Å²) >= 11 is 0. The summed E-state index contributed by atoms with van der Waals surface area (Å²) in [4.78, 5) is 14.8. The SMILES string of the molecule is Cl.NCc1ccc(C(=O)Nc2cccc(CN3CCCCC3)c2)cc1. The molecule has 0 saturated carbocycles. The number of carbonyl (C=O) groups is 1. The van der Waals surface area contributed by atoms with Crippen LogP contribution in [0, 0.1) is 0 Å². The van der Waals surface area contributed by atoms with Crippen LogP contribution in [0.2, 0.25) is 0 Å². The van der Waals surface area contributed by atoms with E-state index in [9.17, 15) is 4.79 Å². The van der Waals surface area contributed by atoms with E-state index in [1.807, 2.05) is 36.4 Å². The normalized spacial score (nSPS) is 14.6. The Bertz CT molecular complexity index is 682. The number of nitrogens with one attached hydrogen (secondary N) is 1. The first-order chi connectivity index (χ1) is 11.7. The second-order valence-electron chi connectivity index (χ2n) is 6.39. The highest BCUT2D eigenvalue weighted by atomic mass is 35.5. The number of hydrogen-bond acceptors (Lipinski definition) is 3. The zero-order chi connectivity index (χ0) is 16.8. The maximum Gasteiger partial charge on any atom is 0.255 e. The average molecular weight is 360 g/mol. The van der Waals surface area contributed by atoms with Crippen LogP contribution in [0.5, 0.6) is 0 Å². The molecule has 1 saturated heterocycles. The number of piperidine rings is 1. The van der Waals surface area contributed by atoms with Crippen LogP contribution in [0.3, 0.4) is 0 Å². The number of anilines is 1. The molecule has 1 aliphatic heterocycles. The number of nitrogens with zero attached hydrogens (tertiary/aromatic N) is 1. The summed E-state index contributed by atoms with van der Waals surface area (Å²) in [5, 5.41) is 2.98. The predicted octanol–water partition coefficient (Wildman–Crippen LogP) is 3.81. The molecule has 0 bridgehead atoms. The van der Waals surface area contributed by atoms with Crippen molar-refractivity contribution < 1.29 is 4.79 Å². The third-order valence-corrected chi connectivity index (χ3v) is 4.49. The molecule has 0 atom stereocenters. The molecule has 0 unspecified atom stereocenters. The fourth-order valence-corrected chi connectivity index (χ4v) is 3.12. The first-order valence-corrected chi connectivity index (χ1v) is 8.66. The number of rotatable bonds is 5. The Kier molecular flexibility index (Phi) is 7.44. The molecular formula is C20H26ClN3O. The van der Waals surface area contributed by atoms with Gasteiger partial charge in [-0.15, -0.1) is 12.4 Å². The smallest absolute Gasteiger partial charge is 0.255 e. The van der Waals surface area contributed by atoms with Crippen molar-refractivity contribution in [1.29, 1.82) is 0 Å². The summed E-state index contributed by atoms with van der Waals surface area (Å²) in [7, 11) is 0. The van der Waals surface area contributed by atoms with Gasteiger partial charge < -0.3 is 11.1 Å². The molecule has 134 valence electrons. The third kappa shape index (κ3) is 5.56. The van der Waals surface area contributed by atoms with Crippen molar-refractivity contribution >= 4 is 24.0 Å². The van der Waals surface area contributed by atoms with Crippen molar-refractivity contribution in [3.63, 3.8) is 0 Å². The lowest BCUT2D eigenvalue weighted by atomic mass is 10.1. The van der Waals surface area contributed by atoms with Gasteiger partial charge in [-0.1, -0.05) is 30.7 Å². The summed E-state index contributed by atoms with van der Waals surface area (Å²) in [5.74, 6) is -0.0892. The standard InChI is InChI=1S/C20H25N3O.ClH/c21-14-16-7-9-18(10-8-16)20(24)22-19-6-4-5-17(13-19)15-23-11-2-1-3-12-23;/h4-10,13H,1-3,11-12,14-15,21H2,(H,22,24);1H. The molecule has 4 nitrogen and oxygen atoms in total. The van der Waals surface area contributed by atoms with Gasteiger partial charge in [0.25, 0.3) is 5.91 Å². The topological polar surface area (TPSA) is 58.4 Å². The van der Waals surface area contributed by atoms with Gasteiger partial charge in [0, 0.05) is 24.3 Å². The Hall–Kier alpha value is -1.88. The molecule has 3 N–H and O–H groups in total. The van der Waals surface area contributed by atoms with Gasteiger partial charge in [-0.2, -0.15) is 0 Å². The predicted molar refractivity (Wildman–Crippen MR) is 105 cm³/mol. The van der Waals surface area contributed by atoms with Crippen LogP contribution in [-0.4, -0.2) is 23.9 Å². The molecule has 0 spiro atoms. The Morgan fingerprint density at radius 2 is 1.72 bits per heavy atom. The van der Waals surface area contributed by atoms with Crippen molar-refractivity contribution in [2.75, 3.05) is 18.4 Å². The maximum absolute atomic E-state index is 12.4. The van der Waals surface area contributed by atoms with Crippen molar-refractivity contribution in [2.45, 2.75) is 32.4 Å². The minimum Gasteiger partial charge on any atom is -0.326 e. The van der Waals surface area contributed by atoms with E-state index in [1.165, 1.54) is 37.9 Å². The summed E-state index contributed by atoms with van der Waals surface area (Å²) in [5.41, 5.74) is 9.35. The molecule has 5 heteroatoms. The minimum absolute atomic E-state index is 0. The quantitative estimate of drug-likeness (QED) is 0.853. The molecule has 1 fully saturated rings. The number of amides is 1. The van der Waals surface area contributed by atoms with E-state index in [2.05, 4.69) is 22.3 Å². The minimum atomic E-state index is -0.0892. The highest BCUT2D eigenvalue weighted by Gasteiger charge is 2.11. The molecule has 0 aliphatic carbocycles. The van der Waals surface area contributed by atoms with Crippen molar-refractivity contribution in [1.82, 2.24) is 4.90 Å². The van der Waals surface area contributed by atoms with E-state index < -0.39 is 0 Å². The summed E-state index contributed by atoms with van der Waals surface area (Å²) in [6.07, 6.45) is 3.92. The van der Waals surface area contributed by atoms with Crippen LogP contribution in [-0.2, 0) is 13.1 Å². The first-order valence-electron chi connectivity index (χ1n) is 8.66. The lowest BCUT2D eigenvalue weighted by Crippen LogP contribution is -2.29. The molecule has 0 radical (unpaired) electrons. The zero-order valence-electron chi connectivity index (χ0n) is 14.4. The summed E-state index contributed by atoms with van der Waals surface area (Å²) in [6.45, 7) is 3.78. The number of likely N-dealkylation sites (tertiary alicyclic amines) is 1. The van der Waals surface area contributed by atoms with Gasteiger partial charge in [0.2, 0.25) is 0 Å². The lowest BCUT2D eigenvalue weighted by Gasteiger charge is -2.26. The van der Waals surface area contributed by atoms with Gasteiger partial charge in [-0.3, -0.25) is 9.69 Å². The zero-order valence-corrected chi connectivity index (χ0v) is 15.2. The second-order valence-corrected chi connectivity index (χ2v) is 6.39. The lowest BCUT2D eigenvalue weighted by molar-refractivity contribution is 0.102. The van der Waals surface area contributed by atoms with Gasteiger partial charge in [0.05, 0.1) is 0 Å². The molecule has 3 rings (SSSR count). The van der Waals surface area contributed by atoms with Crippen LogP contribution in [0.1, 0.15) is 40.7 Å². The molecule has 1 aliphatic rings. The Labute approximate surface area is 155 Å². The molecule has 25 heavy (non-hydrogen) atoms. The molecule has 2 aromatic rings. The van der Waals surface area contributed by atoms with Crippen molar-refractivity contribution in [3.05, 3.63) is 65.2 Å². The fraction of sp³-hybridized carbons (Fsp3) is 0.350. The fourth-order valence-electron chi connectivity index (χ4n) is 3.12. The molecule has 1 amide bonds. The highest BCUT2D eigenvalue weighted by Crippen LogP contribution is 2.17. The number of nitrogens with two attached hydrogens (primary N) is 1. The number of carbonyl (C=O) groups excluding carboxylic acids is 1. The molecular weight excluding hydrogens is 334 g/mol. The van der Waals surface area contributed by atoms with Crippen LogP contribution in [0.15, 0.2) is 48.5 Å². The van der Waals surface area contributed by atoms with E-state index >= 15 is 0 Å². The highest BCUT2D eigenvalue weighted by molar-refractivity contribution is 6.04. The van der Waals surface area contributed by atoms with E-state index in [1.54, 1.807) is 0 Å². The number of benzene rings is 2. The van der Waals surface area contributed by atoms with Gasteiger partial charge >= 0.3 is 0 Å². The second kappa shape index (κ2) is 9.56. The van der Waals surface area contributed by atoms with E-state index in [4.69, 9.17) is 5.73 Å². The number of hydrogen-bond donors (Lipinski definition) is 2. The molecule has 1 heterocycles. The van der Waals surface area contributed by atoms with Gasteiger partial charge in [-0.05, 0) is 61.3 Å². The maximum atomic E-state index is 12.4. The van der Waals surface area contributed by atoms with E-state index in [0.717, 1.165) is 17.8 Å². The summed E-state index contributed by atoms with van der Waals surface area (Å²) < 4.78 is 0. The Morgan fingerprint density at radius 1 is 1.00 bits per heavy atom. The Balaban J connectivity index is 0.00000225. The third-order valence-electron chi connectivity index (χ3n) is 4.49. The first kappa shape index (κ1) is 19.4. The molecule has 2 aromatic carbocycles. The van der Waals surface area contributed by atoms with Crippen LogP contribution in [0.25, 0.3) is 0 Å². The Morgan fingerprint density at radius 3 is 2.40 bits per heavy atom. The van der Waals surface area contributed by atoms with Crippen LogP contribution >= 0.6 is 12.4 Å².